The average molecular weight is 452 g/mol. The maximum atomic E-state index is 14.0. The molecule has 2 atom stereocenters. The van der Waals surface area contributed by atoms with Gasteiger partial charge in [0.25, 0.3) is 0 Å². The van der Waals surface area contributed by atoms with Gasteiger partial charge >= 0.3 is 0 Å². The van der Waals surface area contributed by atoms with E-state index in [1.54, 1.807) is 18.3 Å². The van der Waals surface area contributed by atoms with E-state index in [9.17, 15) is 14.3 Å². The van der Waals surface area contributed by atoms with Gasteiger partial charge in [-0.1, -0.05) is 6.92 Å². The lowest BCUT2D eigenvalue weighted by atomic mass is 9.82. The van der Waals surface area contributed by atoms with E-state index >= 15 is 0 Å². The largest absolute Gasteiger partial charge is 0.404 e. The molecule has 1 aromatic carbocycles. The predicted molar refractivity (Wildman–Crippen MR) is 126 cm³/mol. The second-order valence-corrected chi connectivity index (χ2v) is 9.14. The quantitative estimate of drug-likeness (QED) is 0.344. The third kappa shape index (κ3) is 4.82. The number of halogens is 1. The number of allylic oxidation sites excluding steroid dienone is 1. The summed E-state index contributed by atoms with van der Waals surface area (Å²) in [6.07, 6.45) is 6.63. The normalized spacial score (nSPS) is 23.1. The van der Waals surface area contributed by atoms with E-state index in [4.69, 9.17) is 11.1 Å². The summed E-state index contributed by atoms with van der Waals surface area (Å²) in [6.45, 7) is 3.21. The highest BCUT2D eigenvalue weighted by atomic mass is 19.1. The number of nitrogens with zero attached hydrogens (tertiary/aromatic N) is 2. The number of Topliss-reactive ketones (excluding diaryl/α,β-unsaturated/α-hetero) is 1. The van der Waals surface area contributed by atoms with E-state index in [-0.39, 0.29) is 24.3 Å². The maximum Gasteiger partial charge on any atom is 0.194 e. The lowest BCUT2D eigenvalue weighted by Gasteiger charge is -2.32. The van der Waals surface area contributed by atoms with Gasteiger partial charge in [-0.25, -0.2) is 4.39 Å². The molecular formula is C25H30FN5O2. The van der Waals surface area contributed by atoms with Crippen molar-refractivity contribution in [2.45, 2.75) is 39.0 Å². The number of aliphatic hydroxyl groups is 1. The monoisotopic (exact) mass is 451 g/mol. The number of hydrogen-bond acceptors (Lipinski definition) is 7. The standard InChI is InChI=1S/C25H30FN5O2/c1-25(19-2-3-19)5-7-31(24(25)33)21-4-6-30-22(11-21)23(32)15-29-14-16-8-17(10-20(26)9-16)18(12-27)13-28/h4,6,8-13,19,24,27,29,33H,2-3,5,7,14-15,28H2,1H3/b18-13+,27-12?/t24?,25-/m0/s1. The zero-order chi connectivity index (χ0) is 23.6. The van der Waals surface area contributed by atoms with Crippen LogP contribution in [-0.4, -0.2) is 41.4 Å². The second-order valence-electron chi connectivity index (χ2n) is 9.14. The fraction of sp³-hybridized carbons (Fsp3) is 0.400. The minimum Gasteiger partial charge on any atom is -0.404 e. The van der Waals surface area contributed by atoms with Crippen LogP contribution in [0.2, 0.25) is 0 Å². The number of ketones is 1. The maximum absolute atomic E-state index is 14.0. The number of carbonyl (C=O) groups is 1. The van der Waals surface area contributed by atoms with Crippen LogP contribution in [0, 0.1) is 22.6 Å². The molecule has 7 nitrogen and oxygen atoms in total. The van der Waals surface area contributed by atoms with Crippen molar-refractivity contribution in [3.05, 3.63) is 65.4 Å². The van der Waals surface area contributed by atoms with Crippen LogP contribution in [0.25, 0.3) is 5.57 Å². The van der Waals surface area contributed by atoms with Crippen LogP contribution in [0.3, 0.4) is 0 Å². The number of aliphatic hydroxyl groups excluding tert-OH is 1. The summed E-state index contributed by atoms with van der Waals surface area (Å²) in [4.78, 5) is 18.9. The van der Waals surface area contributed by atoms with Gasteiger partial charge in [-0.15, -0.1) is 0 Å². The number of rotatable bonds is 9. The van der Waals surface area contributed by atoms with Gasteiger partial charge < -0.3 is 26.5 Å². The van der Waals surface area contributed by atoms with Crippen LogP contribution in [0.1, 0.15) is 47.8 Å². The Bertz CT molecular complexity index is 1080. The van der Waals surface area contributed by atoms with Crippen LogP contribution in [0.15, 0.2) is 42.7 Å². The smallest absolute Gasteiger partial charge is 0.194 e. The molecule has 33 heavy (non-hydrogen) atoms. The minimum absolute atomic E-state index is 0.0365. The molecule has 1 aromatic heterocycles. The molecule has 1 unspecified atom stereocenters. The molecule has 1 aliphatic heterocycles. The number of hydrogen-bond donors (Lipinski definition) is 4. The molecule has 1 saturated heterocycles. The van der Waals surface area contributed by atoms with Crippen molar-refractivity contribution in [3.63, 3.8) is 0 Å². The summed E-state index contributed by atoms with van der Waals surface area (Å²) < 4.78 is 14.0. The summed E-state index contributed by atoms with van der Waals surface area (Å²) in [5.41, 5.74) is 8.07. The summed E-state index contributed by atoms with van der Waals surface area (Å²) in [7, 11) is 0. The lowest BCUT2D eigenvalue weighted by Crippen LogP contribution is -2.39. The lowest BCUT2D eigenvalue weighted by molar-refractivity contribution is 0.0510. The highest BCUT2D eigenvalue weighted by molar-refractivity contribution is 6.08. The van der Waals surface area contributed by atoms with Gasteiger partial charge in [0.1, 0.15) is 17.7 Å². The molecule has 0 bridgehead atoms. The Hall–Kier alpha value is -3.10. The van der Waals surface area contributed by atoms with Crippen molar-refractivity contribution >= 4 is 23.3 Å². The summed E-state index contributed by atoms with van der Waals surface area (Å²) in [5.74, 6) is -0.0499. The molecule has 5 N–H and O–H groups in total. The molecular weight excluding hydrogens is 421 g/mol. The number of nitrogens with one attached hydrogen (secondary N) is 2. The summed E-state index contributed by atoms with van der Waals surface area (Å²) in [6, 6.07) is 7.98. The fourth-order valence-corrected chi connectivity index (χ4v) is 4.71. The molecule has 8 heteroatoms. The first-order valence-electron chi connectivity index (χ1n) is 11.2. The summed E-state index contributed by atoms with van der Waals surface area (Å²) in [5, 5.41) is 21.4. The van der Waals surface area contributed by atoms with E-state index in [2.05, 4.69) is 17.2 Å². The Morgan fingerprint density at radius 3 is 2.88 bits per heavy atom. The number of carbonyl (C=O) groups excluding carboxylic acids is 1. The molecule has 0 spiro atoms. The van der Waals surface area contributed by atoms with Crippen molar-refractivity contribution < 1.29 is 14.3 Å². The Morgan fingerprint density at radius 1 is 1.39 bits per heavy atom. The summed E-state index contributed by atoms with van der Waals surface area (Å²) >= 11 is 0. The van der Waals surface area contributed by atoms with Gasteiger partial charge in [0.2, 0.25) is 0 Å². The molecule has 2 fully saturated rings. The molecule has 2 heterocycles. The van der Waals surface area contributed by atoms with Crippen molar-refractivity contribution in [2.75, 3.05) is 18.0 Å². The first kappa shape index (κ1) is 23.1. The first-order valence-corrected chi connectivity index (χ1v) is 11.2. The number of anilines is 1. The zero-order valence-electron chi connectivity index (χ0n) is 18.7. The van der Waals surface area contributed by atoms with Crippen molar-refractivity contribution in [1.82, 2.24) is 10.3 Å². The van der Waals surface area contributed by atoms with Gasteiger partial charge in [-0.2, -0.15) is 0 Å². The van der Waals surface area contributed by atoms with Crippen LogP contribution in [-0.2, 0) is 6.54 Å². The number of aromatic nitrogens is 1. The van der Waals surface area contributed by atoms with Crippen molar-refractivity contribution in [1.29, 1.82) is 5.41 Å². The van der Waals surface area contributed by atoms with Gasteiger partial charge in [0.05, 0.1) is 6.54 Å². The van der Waals surface area contributed by atoms with E-state index in [0.717, 1.165) is 24.9 Å². The van der Waals surface area contributed by atoms with Crippen molar-refractivity contribution in [3.8, 4) is 0 Å². The van der Waals surface area contributed by atoms with Gasteiger partial charge in [-0.05, 0) is 66.6 Å². The number of pyridine rings is 1. The third-order valence-electron chi connectivity index (χ3n) is 6.89. The number of benzene rings is 1. The zero-order valence-corrected chi connectivity index (χ0v) is 18.7. The molecule has 1 aliphatic carbocycles. The Morgan fingerprint density at radius 2 is 2.18 bits per heavy atom. The molecule has 2 aromatic rings. The fourth-order valence-electron chi connectivity index (χ4n) is 4.71. The molecule has 1 saturated carbocycles. The molecule has 4 rings (SSSR count). The average Bonchev–Trinajstić information content (AvgIpc) is 3.61. The second kappa shape index (κ2) is 9.41. The van der Waals surface area contributed by atoms with Crippen LogP contribution >= 0.6 is 0 Å². The van der Waals surface area contributed by atoms with E-state index in [1.165, 1.54) is 31.2 Å². The minimum atomic E-state index is -0.566. The Kier molecular flexibility index (Phi) is 6.58. The molecule has 0 amide bonds. The van der Waals surface area contributed by atoms with Gasteiger partial charge in [0, 0.05) is 48.4 Å². The van der Waals surface area contributed by atoms with E-state index in [0.29, 0.717) is 28.3 Å². The molecule has 0 radical (unpaired) electrons. The predicted octanol–water partition coefficient (Wildman–Crippen LogP) is 3.09. The molecule has 2 aliphatic rings. The van der Waals surface area contributed by atoms with Gasteiger partial charge in [0.15, 0.2) is 5.78 Å². The first-order chi connectivity index (χ1) is 15.9. The van der Waals surface area contributed by atoms with E-state index < -0.39 is 12.0 Å². The van der Waals surface area contributed by atoms with Gasteiger partial charge in [-0.3, -0.25) is 9.78 Å². The highest BCUT2D eigenvalue weighted by Gasteiger charge is 2.52. The van der Waals surface area contributed by atoms with Crippen LogP contribution in [0.5, 0.6) is 0 Å². The topological polar surface area (TPSA) is 115 Å². The van der Waals surface area contributed by atoms with Crippen LogP contribution < -0.4 is 16.0 Å². The molecule has 174 valence electrons. The van der Waals surface area contributed by atoms with E-state index in [1.807, 2.05) is 11.0 Å². The highest BCUT2D eigenvalue weighted by Crippen LogP contribution is 2.53. The number of nitrogens with two attached hydrogens (primary N) is 1. The Labute approximate surface area is 193 Å². The Balaban J connectivity index is 1.39. The third-order valence-corrected chi connectivity index (χ3v) is 6.89. The van der Waals surface area contributed by atoms with Crippen molar-refractivity contribution in [2.24, 2.45) is 17.1 Å². The van der Waals surface area contributed by atoms with Crippen LogP contribution in [0.4, 0.5) is 10.1 Å². The SMILES string of the molecule is C[C@@]1(C2CC2)CCN(c2ccnc(C(=O)CNCc3cc(F)cc(/C(C=N)=C/N)c3)c2)C1O.